The standard InChI is InChI=1S/C17H29N3O/c1-13-10-20(11-14(2)21-13)12-16-7-6-15(8-18-16)9-19-17(3,4)5/h6-8,13-14,19H,9-12H2,1-5H3. The van der Waals surface area contributed by atoms with E-state index in [9.17, 15) is 0 Å². The number of morpholine rings is 1. The van der Waals surface area contributed by atoms with Crippen molar-refractivity contribution in [3.63, 3.8) is 0 Å². The number of aromatic nitrogens is 1. The molecule has 0 saturated carbocycles. The van der Waals surface area contributed by atoms with Crippen LogP contribution in [0.3, 0.4) is 0 Å². The zero-order valence-corrected chi connectivity index (χ0v) is 14.0. The molecule has 2 unspecified atom stereocenters. The van der Waals surface area contributed by atoms with Gasteiger partial charge < -0.3 is 10.1 Å². The smallest absolute Gasteiger partial charge is 0.0678 e. The molecule has 4 heteroatoms. The monoisotopic (exact) mass is 291 g/mol. The van der Waals surface area contributed by atoms with E-state index in [1.54, 1.807) is 0 Å². The van der Waals surface area contributed by atoms with Crippen molar-refractivity contribution < 1.29 is 4.74 Å². The van der Waals surface area contributed by atoms with Gasteiger partial charge in [0.15, 0.2) is 0 Å². The summed E-state index contributed by atoms with van der Waals surface area (Å²) in [7, 11) is 0. The van der Waals surface area contributed by atoms with Gasteiger partial charge in [0.25, 0.3) is 0 Å². The molecule has 0 bridgehead atoms. The fraction of sp³-hybridized carbons (Fsp3) is 0.706. The lowest BCUT2D eigenvalue weighted by atomic mass is 10.1. The van der Waals surface area contributed by atoms with Gasteiger partial charge in [0, 0.05) is 37.9 Å². The summed E-state index contributed by atoms with van der Waals surface area (Å²) in [5.74, 6) is 0. The topological polar surface area (TPSA) is 37.4 Å². The van der Waals surface area contributed by atoms with E-state index in [2.05, 4.69) is 62.0 Å². The van der Waals surface area contributed by atoms with E-state index in [0.29, 0.717) is 12.2 Å². The van der Waals surface area contributed by atoms with Crippen molar-refractivity contribution in [1.29, 1.82) is 0 Å². The van der Waals surface area contributed by atoms with E-state index in [4.69, 9.17) is 4.74 Å². The Morgan fingerprint density at radius 3 is 2.43 bits per heavy atom. The van der Waals surface area contributed by atoms with E-state index >= 15 is 0 Å². The van der Waals surface area contributed by atoms with E-state index < -0.39 is 0 Å². The van der Waals surface area contributed by atoms with E-state index in [1.807, 2.05) is 6.20 Å². The maximum atomic E-state index is 5.77. The number of nitrogens with one attached hydrogen (secondary N) is 1. The molecule has 0 aromatic carbocycles. The highest BCUT2D eigenvalue weighted by atomic mass is 16.5. The summed E-state index contributed by atoms with van der Waals surface area (Å²) >= 11 is 0. The molecule has 0 aliphatic carbocycles. The molecule has 21 heavy (non-hydrogen) atoms. The number of nitrogens with zero attached hydrogens (tertiary/aromatic N) is 2. The fourth-order valence-corrected chi connectivity index (χ4v) is 2.66. The maximum absolute atomic E-state index is 5.77. The summed E-state index contributed by atoms with van der Waals surface area (Å²) in [4.78, 5) is 7.03. The van der Waals surface area contributed by atoms with Crippen LogP contribution in [0.4, 0.5) is 0 Å². The van der Waals surface area contributed by atoms with Crippen LogP contribution in [0.2, 0.25) is 0 Å². The maximum Gasteiger partial charge on any atom is 0.0678 e. The largest absolute Gasteiger partial charge is 0.373 e. The van der Waals surface area contributed by atoms with Crippen LogP contribution in [-0.4, -0.2) is 40.7 Å². The first-order chi connectivity index (χ1) is 9.82. The minimum absolute atomic E-state index is 0.138. The molecule has 1 aliphatic heterocycles. The zero-order valence-electron chi connectivity index (χ0n) is 14.0. The van der Waals surface area contributed by atoms with Gasteiger partial charge >= 0.3 is 0 Å². The Balaban J connectivity index is 1.87. The molecule has 0 radical (unpaired) electrons. The molecule has 118 valence electrons. The number of hydrogen-bond acceptors (Lipinski definition) is 4. The van der Waals surface area contributed by atoms with Crippen LogP contribution in [0.5, 0.6) is 0 Å². The highest BCUT2D eigenvalue weighted by Crippen LogP contribution is 2.13. The summed E-state index contributed by atoms with van der Waals surface area (Å²) in [5.41, 5.74) is 2.51. The van der Waals surface area contributed by atoms with Crippen LogP contribution in [0.15, 0.2) is 18.3 Å². The molecule has 1 N–H and O–H groups in total. The molecular weight excluding hydrogens is 262 g/mol. The van der Waals surface area contributed by atoms with Crippen molar-refractivity contribution in [2.45, 2.75) is 65.5 Å². The highest BCUT2D eigenvalue weighted by Gasteiger charge is 2.22. The third-order valence-electron chi connectivity index (χ3n) is 3.59. The molecule has 0 spiro atoms. The Labute approximate surface area is 128 Å². The number of pyridine rings is 1. The predicted molar refractivity (Wildman–Crippen MR) is 86.1 cm³/mol. The van der Waals surface area contributed by atoms with Gasteiger partial charge in [-0.2, -0.15) is 0 Å². The first-order valence-electron chi connectivity index (χ1n) is 7.88. The molecule has 2 heterocycles. The highest BCUT2D eigenvalue weighted by molar-refractivity contribution is 5.14. The summed E-state index contributed by atoms with van der Waals surface area (Å²) in [6.45, 7) is 14.5. The molecule has 1 aliphatic rings. The van der Waals surface area contributed by atoms with Gasteiger partial charge in [-0.1, -0.05) is 6.07 Å². The quantitative estimate of drug-likeness (QED) is 0.925. The molecule has 1 fully saturated rings. The van der Waals surface area contributed by atoms with Gasteiger partial charge in [-0.3, -0.25) is 9.88 Å². The van der Waals surface area contributed by atoms with E-state index in [1.165, 1.54) is 5.56 Å². The van der Waals surface area contributed by atoms with Gasteiger partial charge in [-0.05, 0) is 46.2 Å². The molecule has 4 nitrogen and oxygen atoms in total. The van der Waals surface area contributed by atoms with Gasteiger partial charge in [0.2, 0.25) is 0 Å². The minimum atomic E-state index is 0.138. The molecule has 2 atom stereocenters. The molecular formula is C17H29N3O. The van der Waals surface area contributed by atoms with Crippen molar-refractivity contribution in [2.75, 3.05) is 13.1 Å². The van der Waals surface area contributed by atoms with Crippen molar-refractivity contribution in [1.82, 2.24) is 15.2 Å². The number of ether oxygens (including phenoxy) is 1. The lowest BCUT2D eigenvalue weighted by Crippen LogP contribution is -2.44. The molecule has 1 saturated heterocycles. The van der Waals surface area contributed by atoms with E-state index in [-0.39, 0.29) is 5.54 Å². The summed E-state index contributed by atoms with van der Waals surface area (Å²) in [5, 5.41) is 3.48. The van der Waals surface area contributed by atoms with E-state index in [0.717, 1.165) is 31.9 Å². The fourth-order valence-electron chi connectivity index (χ4n) is 2.66. The van der Waals surface area contributed by atoms with Gasteiger partial charge in [-0.15, -0.1) is 0 Å². The van der Waals surface area contributed by atoms with Crippen molar-refractivity contribution in [3.8, 4) is 0 Å². The Morgan fingerprint density at radius 1 is 1.24 bits per heavy atom. The molecule has 0 amide bonds. The molecule has 1 aromatic rings. The lowest BCUT2D eigenvalue weighted by Gasteiger charge is -2.35. The Kier molecular flexibility index (Phi) is 5.36. The second-order valence-electron chi connectivity index (χ2n) is 7.21. The van der Waals surface area contributed by atoms with Crippen LogP contribution in [0.1, 0.15) is 45.9 Å². The van der Waals surface area contributed by atoms with Crippen LogP contribution in [0.25, 0.3) is 0 Å². The first kappa shape index (κ1) is 16.4. The minimum Gasteiger partial charge on any atom is -0.373 e. The second-order valence-corrected chi connectivity index (χ2v) is 7.21. The van der Waals surface area contributed by atoms with Crippen molar-refractivity contribution in [2.24, 2.45) is 0 Å². The third-order valence-corrected chi connectivity index (χ3v) is 3.59. The van der Waals surface area contributed by atoms with Gasteiger partial charge in [0.1, 0.15) is 0 Å². The van der Waals surface area contributed by atoms with Crippen molar-refractivity contribution in [3.05, 3.63) is 29.6 Å². The normalized spacial score (nSPS) is 24.2. The van der Waals surface area contributed by atoms with Crippen LogP contribution in [0, 0.1) is 0 Å². The molecule has 2 rings (SSSR count). The summed E-state index contributed by atoms with van der Waals surface area (Å²) < 4.78 is 5.77. The average Bonchev–Trinajstić information content (AvgIpc) is 2.36. The second kappa shape index (κ2) is 6.86. The lowest BCUT2D eigenvalue weighted by molar-refractivity contribution is -0.0707. The van der Waals surface area contributed by atoms with Gasteiger partial charge in [0.05, 0.1) is 17.9 Å². The third kappa shape index (κ3) is 5.73. The van der Waals surface area contributed by atoms with Gasteiger partial charge in [-0.25, -0.2) is 0 Å². The average molecular weight is 291 g/mol. The predicted octanol–water partition coefficient (Wildman–Crippen LogP) is 2.58. The Hall–Kier alpha value is -0.970. The Bertz CT molecular complexity index is 428. The number of rotatable bonds is 4. The van der Waals surface area contributed by atoms with Crippen LogP contribution >= 0.6 is 0 Å². The zero-order chi connectivity index (χ0) is 15.5. The first-order valence-corrected chi connectivity index (χ1v) is 7.88. The number of hydrogen-bond donors (Lipinski definition) is 1. The van der Waals surface area contributed by atoms with Crippen LogP contribution in [-0.2, 0) is 17.8 Å². The summed E-state index contributed by atoms with van der Waals surface area (Å²) in [6.07, 6.45) is 2.61. The SMILES string of the molecule is CC1CN(Cc2ccc(CNC(C)(C)C)cn2)CC(C)O1. The molecule has 1 aromatic heterocycles. The Morgan fingerprint density at radius 2 is 1.90 bits per heavy atom. The van der Waals surface area contributed by atoms with Crippen LogP contribution < -0.4 is 5.32 Å². The summed E-state index contributed by atoms with van der Waals surface area (Å²) in [6, 6.07) is 4.32. The van der Waals surface area contributed by atoms with Crippen molar-refractivity contribution >= 4 is 0 Å².